The Labute approximate surface area is 149 Å². The number of unbranched alkanes of at least 4 members (excludes halogenated alkanes) is 12. The third-order valence-electron chi connectivity index (χ3n) is 4.92. The quantitative estimate of drug-likeness (QED) is 0.223. The highest BCUT2D eigenvalue weighted by Gasteiger charge is 2.28. The molecule has 0 rings (SSSR count). The number of hydrogen-bond acceptors (Lipinski definition) is 2. The van der Waals surface area contributed by atoms with Crippen LogP contribution >= 0.6 is 0 Å². The Morgan fingerprint density at radius 3 is 1.54 bits per heavy atom. The maximum atomic E-state index is 10.8. The van der Waals surface area contributed by atoms with Crippen LogP contribution in [0.4, 0.5) is 0 Å². The fraction of sp³-hybridized carbons (Fsp3) is 0.950. The number of rotatable bonds is 17. The van der Waals surface area contributed by atoms with Gasteiger partial charge in [0.05, 0.1) is 14.1 Å². The molecule has 0 heterocycles. The topological polar surface area (TPSA) is 57.5 Å². The van der Waals surface area contributed by atoms with Crippen molar-refractivity contribution in [1.29, 1.82) is 0 Å². The molecule has 24 heavy (non-hydrogen) atoms. The molecule has 144 valence electrons. The Morgan fingerprint density at radius 2 is 1.17 bits per heavy atom. The fourth-order valence-electron chi connectivity index (χ4n) is 3.15. The smallest absolute Gasteiger partial charge is 0.359 e. The molecule has 0 aliphatic rings. The number of carboxylic acids is 1. The Morgan fingerprint density at radius 1 is 0.792 bits per heavy atom. The monoisotopic (exact) mass is 344 g/mol. The van der Waals surface area contributed by atoms with Crippen molar-refractivity contribution in [2.24, 2.45) is 0 Å². The zero-order valence-corrected chi connectivity index (χ0v) is 16.4. The first kappa shape index (κ1) is 23.4. The van der Waals surface area contributed by atoms with E-state index in [0.29, 0.717) is 6.42 Å². The summed E-state index contributed by atoms with van der Waals surface area (Å²) in [6.45, 7) is 2.23. The summed E-state index contributed by atoms with van der Waals surface area (Å²) >= 11 is 0. The zero-order valence-electron chi connectivity index (χ0n) is 16.4. The average molecular weight is 345 g/mol. The van der Waals surface area contributed by atoms with Gasteiger partial charge in [-0.1, -0.05) is 84.0 Å². The number of quaternary nitrogens is 1. The molecule has 0 aliphatic carbocycles. The number of likely N-dealkylation sites (N-methyl/N-ethyl adjacent to an activating group) is 1. The number of nitrogens with zero attached hydrogens (tertiary/aromatic N) is 1. The Kier molecular flexibility index (Phi) is 14.3. The molecule has 0 saturated carbocycles. The van der Waals surface area contributed by atoms with E-state index >= 15 is 0 Å². The molecule has 1 atom stereocenters. The van der Waals surface area contributed by atoms with E-state index in [0.717, 1.165) is 12.8 Å². The first-order chi connectivity index (χ1) is 11.4. The van der Waals surface area contributed by atoms with E-state index in [1.54, 1.807) is 14.1 Å². The van der Waals surface area contributed by atoms with E-state index in [-0.39, 0.29) is 11.0 Å². The van der Waals surface area contributed by atoms with Crippen molar-refractivity contribution in [2.45, 2.75) is 103 Å². The van der Waals surface area contributed by atoms with E-state index in [1.807, 2.05) is 0 Å². The van der Waals surface area contributed by atoms with Gasteiger partial charge >= 0.3 is 5.97 Å². The molecule has 4 heteroatoms. The van der Waals surface area contributed by atoms with Crippen LogP contribution in [0.2, 0.25) is 0 Å². The van der Waals surface area contributed by atoms with Gasteiger partial charge in [0, 0.05) is 6.42 Å². The molecule has 2 N–H and O–H groups in total. The average Bonchev–Trinajstić information content (AvgIpc) is 2.50. The standard InChI is InChI=1S/C20H41NO3/c1-4-5-6-7-8-9-10-11-12-13-14-15-16-17-19(22)21(2,3)18-20(23)24/h19,22H,4-18H2,1-3H3/p+1. The highest BCUT2D eigenvalue weighted by molar-refractivity contribution is 5.67. The van der Waals surface area contributed by atoms with Crippen molar-refractivity contribution < 1.29 is 19.5 Å². The number of aliphatic hydroxyl groups excluding tert-OH is 1. The second-order valence-electron chi connectivity index (χ2n) is 7.84. The van der Waals surface area contributed by atoms with Crippen LogP contribution in [0.15, 0.2) is 0 Å². The van der Waals surface area contributed by atoms with Crippen LogP contribution in [-0.4, -0.2) is 47.5 Å². The molecule has 4 nitrogen and oxygen atoms in total. The molecule has 0 aromatic rings. The highest BCUT2D eigenvalue weighted by Crippen LogP contribution is 2.15. The van der Waals surface area contributed by atoms with Crippen molar-refractivity contribution >= 4 is 5.97 Å². The Balaban J connectivity index is 3.37. The summed E-state index contributed by atoms with van der Waals surface area (Å²) in [5.41, 5.74) is 0. The Bertz CT molecular complexity index is 305. The molecular weight excluding hydrogens is 302 g/mol. The van der Waals surface area contributed by atoms with Gasteiger partial charge in [-0.15, -0.1) is 0 Å². The van der Waals surface area contributed by atoms with E-state index in [4.69, 9.17) is 5.11 Å². The molecule has 0 saturated heterocycles. The summed E-state index contributed by atoms with van der Waals surface area (Å²) in [7, 11) is 3.56. The van der Waals surface area contributed by atoms with Crippen LogP contribution in [0.3, 0.4) is 0 Å². The third-order valence-corrected chi connectivity index (χ3v) is 4.92. The number of carbonyl (C=O) groups is 1. The van der Waals surface area contributed by atoms with E-state index in [2.05, 4.69) is 6.92 Å². The SMILES string of the molecule is CCCCCCCCCCCCCCCC(O)[N+](C)(C)CC(=O)O. The maximum absolute atomic E-state index is 10.8. The van der Waals surface area contributed by atoms with Gasteiger partial charge in [-0.05, 0) is 6.42 Å². The summed E-state index contributed by atoms with van der Waals surface area (Å²) in [5.74, 6) is -0.857. The number of carboxylic acid groups (broad SMARTS) is 1. The largest absolute Gasteiger partial charge is 0.477 e. The van der Waals surface area contributed by atoms with Gasteiger partial charge in [0.2, 0.25) is 0 Å². The first-order valence-electron chi connectivity index (χ1n) is 10.1. The molecule has 0 aromatic carbocycles. The first-order valence-corrected chi connectivity index (χ1v) is 10.1. The second kappa shape index (κ2) is 14.7. The lowest BCUT2D eigenvalue weighted by molar-refractivity contribution is -0.930. The summed E-state index contributed by atoms with van der Waals surface area (Å²) in [5, 5.41) is 19.0. The van der Waals surface area contributed by atoms with Gasteiger partial charge in [-0.25, -0.2) is 4.79 Å². The van der Waals surface area contributed by atoms with Crippen LogP contribution in [0, 0.1) is 0 Å². The van der Waals surface area contributed by atoms with E-state index in [9.17, 15) is 9.90 Å². The minimum absolute atomic E-state index is 0.0282. The number of aliphatic hydroxyl groups is 1. The zero-order chi connectivity index (χ0) is 18.3. The van der Waals surface area contributed by atoms with Crippen molar-refractivity contribution in [3.05, 3.63) is 0 Å². The molecule has 0 aliphatic heterocycles. The number of hydrogen-bond donors (Lipinski definition) is 2. The molecule has 0 fully saturated rings. The minimum atomic E-state index is -0.857. The van der Waals surface area contributed by atoms with Crippen LogP contribution < -0.4 is 0 Å². The fourth-order valence-corrected chi connectivity index (χ4v) is 3.15. The predicted molar refractivity (Wildman–Crippen MR) is 101 cm³/mol. The third kappa shape index (κ3) is 13.8. The molecule has 0 aromatic heterocycles. The van der Waals surface area contributed by atoms with Crippen LogP contribution in [0.25, 0.3) is 0 Å². The van der Waals surface area contributed by atoms with E-state index < -0.39 is 12.2 Å². The van der Waals surface area contributed by atoms with Gasteiger partial charge in [0.25, 0.3) is 0 Å². The lowest BCUT2D eigenvalue weighted by atomic mass is 10.0. The second-order valence-corrected chi connectivity index (χ2v) is 7.84. The van der Waals surface area contributed by atoms with Gasteiger partial charge < -0.3 is 10.2 Å². The lowest BCUT2D eigenvalue weighted by Gasteiger charge is -2.33. The maximum Gasteiger partial charge on any atom is 0.359 e. The van der Waals surface area contributed by atoms with Gasteiger partial charge in [0.15, 0.2) is 12.8 Å². The predicted octanol–water partition coefficient (Wildman–Crippen LogP) is 4.95. The molecule has 0 radical (unpaired) electrons. The lowest BCUT2D eigenvalue weighted by Crippen LogP contribution is -2.51. The van der Waals surface area contributed by atoms with Crippen LogP contribution in [0.1, 0.15) is 96.8 Å². The summed E-state index contributed by atoms with van der Waals surface area (Å²) in [6, 6.07) is 0. The summed E-state index contributed by atoms with van der Waals surface area (Å²) < 4.78 is 0.146. The van der Waals surface area contributed by atoms with Crippen molar-refractivity contribution in [2.75, 3.05) is 20.6 Å². The Hall–Kier alpha value is -0.610. The van der Waals surface area contributed by atoms with Crippen LogP contribution in [-0.2, 0) is 4.79 Å². The molecule has 0 amide bonds. The van der Waals surface area contributed by atoms with Gasteiger partial charge in [0.1, 0.15) is 0 Å². The van der Waals surface area contributed by atoms with Crippen molar-refractivity contribution in [3.8, 4) is 0 Å². The van der Waals surface area contributed by atoms with Crippen molar-refractivity contribution in [3.63, 3.8) is 0 Å². The van der Waals surface area contributed by atoms with E-state index in [1.165, 1.54) is 70.6 Å². The van der Waals surface area contributed by atoms with Gasteiger partial charge in [-0.2, -0.15) is 0 Å². The molecule has 0 bridgehead atoms. The van der Waals surface area contributed by atoms with Crippen LogP contribution in [0.5, 0.6) is 0 Å². The van der Waals surface area contributed by atoms with Crippen molar-refractivity contribution in [1.82, 2.24) is 0 Å². The van der Waals surface area contributed by atoms with Gasteiger partial charge in [-0.3, -0.25) is 4.48 Å². The summed E-state index contributed by atoms with van der Waals surface area (Å²) in [6.07, 6.45) is 17.2. The number of aliphatic carboxylic acids is 1. The summed E-state index contributed by atoms with van der Waals surface area (Å²) in [4.78, 5) is 10.8. The molecule has 1 unspecified atom stereocenters. The molecule has 0 spiro atoms. The normalized spacial score (nSPS) is 13.2. The minimum Gasteiger partial charge on any atom is -0.477 e. The highest BCUT2D eigenvalue weighted by atomic mass is 16.4. The molecular formula is C20H42NO3+.